The molecule has 0 atom stereocenters. The summed E-state index contributed by atoms with van der Waals surface area (Å²) in [7, 11) is 0. The molecule has 0 aliphatic heterocycles. The molecule has 0 amide bonds. The summed E-state index contributed by atoms with van der Waals surface area (Å²) in [4.78, 5) is 2.44. The van der Waals surface area contributed by atoms with Crippen LogP contribution in [0.3, 0.4) is 0 Å². The molecule has 0 unspecified atom stereocenters. The molecule has 1 aromatic heterocycles. The Kier molecular flexibility index (Phi) is 9.89. The quantitative estimate of drug-likeness (QED) is 0.141. The third-order valence-electron chi connectivity index (χ3n) is 13.0. The summed E-state index contributed by atoms with van der Waals surface area (Å²) in [6.45, 7) is 0. The van der Waals surface area contributed by atoms with E-state index in [2.05, 4.69) is 276 Å². The largest absolute Gasteiger partial charge is 0.310 e. The maximum absolute atomic E-state index is 2.44. The molecule has 0 aliphatic carbocycles. The molecule has 0 bridgehead atoms. The van der Waals surface area contributed by atoms with Gasteiger partial charge in [-0.05, 0) is 122 Å². The van der Waals surface area contributed by atoms with Crippen LogP contribution in [0.2, 0.25) is 0 Å². The Morgan fingerprint density at radius 2 is 0.758 bits per heavy atom. The molecule has 0 spiro atoms. The lowest BCUT2D eigenvalue weighted by Crippen LogP contribution is -2.10. The summed E-state index contributed by atoms with van der Waals surface area (Å²) in [5, 5.41) is 4.86. The number of nitrogens with zero attached hydrogens (tertiary/aromatic N) is 2. The van der Waals surface area contributed by atoms with E-state index >= 15 is 0 Å². The highest BCUT2D eigenvalue weighted by molar-refractivity contribution is 6.11. The van der Waals surface area contributed by atoms with Gasteiger partial charge in [-0.1, -0.05) is 206 Å². The van der Waals surface area contributed by atoms with Crippen molar-refractivity contribution in [1.29, 1.82) is 0 Å². The molecule has 0 saturated heterocycles. The molecular formula is C64H44N2. The van der Waals surface area contributed by atoms with Gasteiger partial charge in [0.2, 0.25) is 0 Å². The first-order chi connectivity index (χ1) is 32.8. The molecule has 11 aromatic carbocycles. The minimum absolute atomic E-state index is 1.08. The van der Waals surface area contributed by atoms with Crippen LogP contribution in [0.15, 0.2) is 267 Å². The number of hydrogen-bond acceptors (Lipinski definition) is 1. The first-order valence-electron chi connectivity index (χ1n) is 22.7. The normalized spacial score (nSPS) is 11.3. The molecule has 0 fully saturated rings. The summed E-state index contributed by atoms with van der Waals surface area (Å²) < 4.78 is 2.38. The molecule has 0 radical (unpaired) electrons. The van der Waals surface area contributed by atoms with Gasteiger partial charge < -0.3 is 9.47 Å². The summed E-state index contributed by atoms with van der Waals surface area (Å²) in [5.41, 5.74) is 18.7. The second-order valence-corrected chi connectivity index (χ2v) is 16.9. The van der Waals surface area contributed by atoms with Crippen molar-refractivity contribution in [2.45, 2.75) is 0 Å². The predicted octanol–water partition coefficient (Wildman–Crippen LogP) is 17.7. The molecule has 2 heteroatoms. The molecule has 0 N–H and O–H groups in total. The predicted molar refractivity (Wildman–Crippen MR) is 280 cm³/mol. The minimum atomic E-state index is 1.08. The second kappa shape index (κ2) is 16.8. The van der Waals surface area contributed by atoms with Crippen molar-refractivity contribution in [3.8, 4) is 61.3 Å². The van der Waals surface area contributed by atoms with Crippen LogP contribution in [0, 0.1) is 0 Å². The van der Waals surface area contributed by atoms with Gasteiger partial charge in [0.1, 0.15) is 0 Å². The lowest BCUT2D eigenvalue weighted by Gasteiger charge is -2.28. The van der Waals surface area contributed by atoms with E-state index in [1.807, 2.05) is 0 Å². The third kappa shape index (κ3) is 6.93. The standard InChI is InChI=1S/C64H44N2/c1-4-20-45(21-5-1)54-32-12-13-35-59(54)64-56(47-22-6-2-7-23-47)36-19-37-57(64)50-27-17-31-53(43-50)65(61-39-18-25-46-24-10-11-33-55(46)61)52-30-16-26-48(42-52)49-40-41-63-60(44-49)58-34-14-15-38-62(58)66(63)51-28-8-3-9-29-51/h1-44H. The van der Waals surface area contributed by atoms with Gasteiger partial charge in [-0.2, -0.15) is 0 Å². The number of benzene rings is 11. The van der Waals surface area contributed by atoms with Gasteiger partial charge >= 0.3 is 0 Å². The van der Waals surface area contributed by atoms with Crippen LogP contribution in [-0.4, -0.2) is 4.57 Å². The molecule has 66 heavy (non-hydrogen) atoms. The molecule has 12 aromatic rings. The number of hydrogen-bond donors (Lipinski definition) is 0. The Labute approximate surface area is 385 Å². The van der Waals surface area contributed by atoms with Gasteiger partial charge in [0.15, 0.2) is 0 Å². The van der Waals surface area contributed by atoms with Crippen molar-refractivity contribution in [2.24, 2.45) is 0 Å². The van der Waals surface area contributed by atoms with Crippen LogP contribution in [0.4, 0.5) is 17.1 Å². The topological polar surface area (TPSA) is 8.17 Å². The zero-order valence-electron chi connectivity index (χ0n) is 36.3. The van der Waals surface area contributed by atoms with Crippen molar-refractivity contribution in [1.82, 2.24) is 4.57 Å². The second-order valence-electron chi connectivity index (χ2n) is 16.9. The zero-order chi connectivity index (χ0) is 43.8. The van der Waals surface area contributed by atoms with Crippen LogP contribution in [0.1, 0.15) is 0 Å². The fourth-order valence-corrected chi connectivity index (χ4v) is 9.99. The van der Waals surface area contributed by atoms with Crippen LogP contribution >= 0.6 is 0 Å². The van der Waals surface area contributed by atoms with Crippen LogP contribution < -0.4 is 4.90 Å². The zero-order valence-corrected chi connectivity index (χ0v) is 36.3. The molecule has 1 heterocycles. The van der Waals surface area contributed by atoms with E-state index < -0.39 is 0 Å². The molecule has 310 valence electrons. The number of rotatable bonds is 9. The lowest BCUT2D eigenvalue weighted by atomic mass is 9.84. The SMILES string of the molecule is c1ccc(-c2ccccc2-c2c(-c3ccccc3)cccc2-c2cccc(N(c3cccc(-c4ccc5c(c4)c4ccccc4n5-c4ccccc4)c3)c3cccc4ccccc34)c2)cc1. The number of aromatic nitrogens is 1. The van der Waals surface area contributed by atoms with Crippen molar-refractivity contribution in [3.63, 3.8) is 0 Å². The Balaban J connectivity index is 1.04. The Morgan fingerprint density at radius 1 is 0.273 bits per heavy atom. The highest BCUT2D eigenvalue weighted by Gasteiger charge is 2.21. The van der Waals surface area contributed by atoms with E-state index in [4.69, 9.17) is 0 Å². The first kappa shape index (κ1) is 38.9. The molecular weight excluding hydrogens is 797 g/mol. The Bertz CT molecular complexity index is 3690. The van der Waals surface area contributed by atoms with Gasteiger partial charge in [0, 0.05) is 33.2 Å². The number of para-hydroxylation sites is 2. The van der Waals surface area contributed by atoms with Gasteiger partial charge in [0.25, 0.3) is 0 Å². The number of fused-ring (bicyclic) bond motifs is 4. The highest BCUT2D eigenvalue weighted by atomic mass is 15.1. The van der Waals surface area contributed by atoms with Crippen LogP contribution in [-0.2, 0) is 0 Å². The summed E-state index contributed by atoms with van der Waals surface area (Å²) in [5.74, 6) is 0. The maximum Gasteiger partial charge on any atom is 0.0541 e. The lowest BCUT2D eigenvalue weighted by molar-refractivity contribution is 1.18. The van der Waals surface area contributed by atoms with Crippen molar-refractivity contribution >= 4 is 49.6 Å². The van der Waals surface area contributed by atoms with E-state index in [1.54, 1.807) is 0 Å². The van der Waals surface area contributed by atoms with E-state index in [-0.39, 0.29) is 0 Å². The van der Waals surface area contributed by atoms with Gasteiger partial charge in [-0.25, -0.2) is 0 Å². The third-order valence-corrected chi connectivity index (χ3v) is 13.0. The Morgan fingerprint density at radius 3 is 1.52 bits per heavy atom. The van der Waals surface area contributed by atoms with E-state index in [1.165, 1.54) is 77.1 Å². The Hall–Kier alpha value is -8.72. The van der Waals surface area contributed by atoms with Crippen molar-refractivity contribution < 1.29 is 0 Å². The molecule has 0 aliphatic rings. The van der Waals surface area contributed by atoms with Crippen molar-refractivity contribution in [2.75, 3.05) is 4.90 Å². The first-order valence-corrected chi connectivity index (χ1v) is 22.7. The molecule has 0 saturated carbocycles. The van der Waals surface area contributed by atoms with Crippen LogP contribution in [0.25, 0.3) is 93.9 Å². The highest BCUT2D eigenvalue weighted by Crippen LogP contribution is 2.47. The average Bonchev–Trinajstić information content (AvgIpc) is 3.73. The fraction of sp³-hybridized carbons (Fsp3) is 0. The van der Waals surface area contributed by atoms with E-state index in [0.29, 0.717) is 0 Å². The smallest absolute Gasteiger partial charge is 0.0541 e. The van der Waals surface area contributed by atoms with Crippen molar-refractivity contribution in [3.05, 3.63) is 267 Å². The number of anilines is 3. The molecule has 12 rings (SSSR count). The average molecular weight is 841 g/mol. The van der Waals surface area contributed by atoms with Gasteiger partial charge in [-0.15, -0.1) is 0 Å². The monoisotopic (exact) mass is 840 g/mol. The molecule has 2 nitrogen and oxygen atoms in total. The minimum Gasteiger partial charge on any atom is -0.310 e. The van der Waals surface area contributed by atoms with E-state index in [0.717, 1.165) is 33.9 Å². The summed E-state index contributed by atoms with van der Waals surface area (Å²) in [6.07, 6.45) is 0. The van der Waals surface area contributed by atoms with Crippen LogP contribution in [0.5, 0.6) is 0 Å². The fourth-order valence-electron chi connectivity index (χ4n) is 9.99. The summed E-state index contributed by atoms with van der Waals surface area (Å²) in [6, 6.07) is 97.0. The summed E-state index contributed by atoms with van der Waals surface area (Å²) >= 11 is 0. The van der Waals surface area contributed by atoms with E-state index in [9.17, 15) is 0 Å². The maximum atomic E-state index is 2.44. The van der Waals surface area contributed by atoms with Gasteiger partial charge in [-0.3, -0.25) is 0 Å². The van der Waals surface area contributed by atoms with Gasteiger partial charge in [0.05, 0.1) is 16.7 Å².